The number of rotatable bonds is 1. The molecule has 2 nitrogen and oxygen atoms in total. The van der Waals surface area contributed by atoms with Gasteiger partial charge in [0.2, 0.25) is 0 Å². The summed E-state index contributed by atoms with van der Waals surface area (Å²) in [6, 6.07) is 5.75. The summed E-state index contributed by atoms with van der Waals surface area (Å²) in [6.45, 7) is 0. The molecule has 0 spiro atoms. The van der Waals surface area contributed by atoms with E-state index in [1.807, 2.05) is 18.2 Å². The van der Waals surface area contributed by atoms with Gasteiger partial charge in [0.1, 0.15) is 0 Å². The van der Waals surface area contributed by atoms with Gasteiger partial charge < -0.3 is 5.32 Å². The van der Waals surface area contributed by atoms with Gasteiger partial charge in [-0.15, -0.1) is 11.8 Å². The van der Waals surface area contributed by atoms with Crippen LogP contribution in [0.3, 0.4) is 0 Å². The Kier molecular flexibility index (Phi) is 1.58. The number of thioether (sulfide) groups is 1. The highest BCUT2D eigenvalue weighted by Crippen LogP contribution is 2.35. The van der Waals surface area contributed by atoms with Crippen molar-refractivity contribution in [3.05, 3.63) is 23.8 Å². The Morgan fingerprint density at radius 3 is 3.27 bits per heavy atom. The fourth-order valence-corrected chi connectivity index (χ4v) is 2.02. The summed E-state index contributed by atoms with van der Waals surface area (Å²) in [5, 5.41) is 3.15. The topological polar surface area (TPSA) is 29.1 Å². The van der Waals surface area contributed by atoms with E-state index in [9.17, 15) is 4.79 Å². The molecular formula is C8H7NOS. The first kappa shape index (κ1) is 6.73. The van der Waals surface area contributed by atoms with Gasteiger partial charge in [0.25, 0.3) is 0 Å². The summed E-state index contributed by atoms with van der Waals surface area (Å²) >= 11 is 1.73. The molecule has 0 bridgehead atoms. The summed E-state index contributed by atoms with van der Waals surface area (Å²) in [5.74, 6) is 0.875. The van der Waals surface area contributed by atoms with Crippen LogP contribution in [0, 0.1) is 0 Å². The van der Waals surface area contributed by atoms with Crippen LogP contribution in [0.1, 0.15) is 10.4 Å². The highest BCUT2D eigenvalue weighted by atomic mass is 32.2. The Bertz CT molecular complexity index is 298. The second-order valence-corrected chi connectivity index (χ2v) is 3.32. The summed E-state index contributed by atoms with van der Waals surface area (Å²) in [4.78, 5) is 11.7. The third-order valence-electron chi connectivity index (χ3n) is 1.66. The number of carbonyl (C=O) groups is 1. The normalized spacial score (nSPS) is 13.8. The fraction of sp³-hybridized carbons (Fsp3) is 0.125. The predicted molar refractivity (Wildman–Crippen MR) is 46.2 cm³/mol. The first-order valence-corrected chi connectivity index (χ1v) is 4.35. The lowest BCUT2D eigenvalue weighted by Crippen LogP contribution is -1.93. The molecule has 0 atom stereocenters. The minimum absolute atomic E-state index is 0.757. The molecule has 0 aliphatic carbocycles. The van der Waals surface area contributed by atoms with E-state index in [-0.39, 0.29) is 0 Å². The van der Waals surface area contributed by atoms with Crippen molar-refractivity contribution in [1.82, 2.24) is 0 Å². The van der Waals surface area contributed by atoms with Gasteiger partial charge in [0.15, 0.2) is 6.29 Å². The average Bonchev–Trinajstić information content (AvgIpc) is 2.50. The highest BCUT2D eigenvalue weighted by Gasteiger charge is 2.12. The Labute approximate surface area is 69.0 Å². The lowest BCUT2D eigenvalue weighted by Gasteiger charge is -1.99. The van der Waals surface area contributed by atoms with Crippen LogP contribution in [0.15, 0.2) is 23.1 Å². The number of para-hydroxylation sites is 1. The zero-order chi connectivity index (χ0) is 7.68. The molecule has 0 saturated heterocycles. The summed E-state index contributed by atoms with van der Waals surface area (Å²) in [5.41, 5.74) is 1.75. The number of benzene rings is 1. The monoisotopic (exact) mass is 165 g/mol. The van der Waals surface area contributed by atoms with E-state index in [4.69, 9.17) is 0 Å². The van der Waals surface area contributed by atoms with Gasteiger partial charge in [-0.2, -0.15) is 0 Å². The van der Waals surface area contributed by atoms with Gasteiger partial charge in [-0.05, 0) is 12.1 Å². The van der Waals surface area contributed by atoms with Gasteiger partial charge in [-0.1, -0.05) is 6.07 Å². The number of anilines is 1. The molecule has 0 fully saturated rings. The van der Waals surface area contributed by atoms with Crippen molar-refractivity contribution >= 4 is 23.7 Å². The molecular weight excluding hydrogens is 158 g/mol. The Morgan fingerprint density at radius 1 is 1.55 bits per heavy atom. The van der Waals surface area contributed by atoms with Crippen molar-refractivity contribution in [3.8, 4) is 0 Å². The van der Waals surface area contributed by atoms with Crippen LogP contribution in [0.5, 0.6) is 0 Å². The number of aldehydes is 1. The number of nitrogens with one attached hydrogen (secondary N) is 1. The predicted octanol–water partition coefficient (Wildman–Crippen LogP) is 1.97. The van der Waals surface area contributed by atoms with Crippen LogP contribution in [-0.4, -0.2) is 12.2 Å². The molecule has 1 aromatic carbocycles. The maximum absolute atomic E-state index is 10.5. The number of hydrogen-bond acceptors (Lipinski definition) is 3. The van der Waals surface area contributed by atoms with Gasteiger partial charge in [-0.25, -0.2) is 0 Å². The molecule has 11 heavy (non-hydrogen) atoms. The van der Waals surface area contributed by atoms with Crippen molar-refractivity contribution < 1.29 is 4.79 Å². The smallest absolute Gasteiger partial charge is 0.152 e. The van der Waals surface area contributed by atoms with Crippen LogP contribution in [0.25, 0.3) is 0 Å². The Morgan fingerprint density at radius 2 is 2.45 bits per heavy atom. The van der Waals surface area contributed by atoms with Gasteiger partial charge in [0, 0.05) is 10.5 Å². The lowest BCUT2D eigenvalue weighted by atomic mass is 10.2. The average molecular weight is 165 g/mol. The number of fused-ring (bicyclic) bond motifs is 1. The standard InChI is InChI=1S/C8H7NOS/c10-4-6-2-1-3-7-8(6)9-5-11-7/h1-4,9H,5H2. The molecule has 3 heteroatoms. The SMILES string of the molecule is O=Cc1cccc2c1NCS2. The van der Waals surface area contributed by atoms with Crippen molar-refractivity contribution in [2.45, 2.75) is 4.90 Å². The van der Waals surface area contributed by atoms with Gasteiger partial charge in [0.05, 0.1) is 11.6 Å². The molecule has 2 rings (SSSR count). The van der Waals surface area contributed by atoms with Crippen LogP contribution < -0.4 is 5.32 Å². The van der Waals surface area contributed by atoms with Crippen LogP contribution >= 0.6 is 11.8 Å². The maximum atomic E-state index is 10.5. The van der Waals surface area contributed by atoms with Crippen molar-refractivity contribution in [1.29, 1.82) is 0 Å². The molecule has 0 amide bonds. The van der Waals surface area contributed by atoms with Gasteiger partial charge >= 0.3 is 0 Å². The van der Waals surface area contributed by atoms with E-state index < -0.39 is 0 Å². The molecule has 0 saturated carbocycles. The molecule has 56 valence electrons. The summed E-state index contributed by atoms with van der Waals surface area (Å²) in [6.07, 6.45) is 0.887. The summed E-state index contributed by atoms with van der Waals surface area (Å²) < 4.78 is 0. The Balaban J connectivity index is 2.58. The quantitative estimate of drug-likeness (QED) is 0.645. The lowest BCUT2D eigenvalue weighted by molar-refractivity contribution is 0.112. The largest absolute Gasteiger partial charge is 0.374 e. The summed E-state index contributed by atoms with van der Waals surface area (Å²) in [7, 11) is 0. The first-order chi connectivity index (χ1) is 5.42. The van der Waals surface area contributed by atoms with E-state index in [0.29, 0.717) is 0 Å². The Hall–Kier alpha value is -0.960. The second-order valence-electron chi connectivity index (χ2n) is 2.30. The molecule has 0 unspecified atom stereocenters. The number of hydrogen-bond donors (Lipinski definition) is 1. The van der Waals surface area contributed by atoms with E-state index in [2.05, 4.69) is 5.32 Å². The molecule has 0 aromatic heterocycles. The first-order valence-electron chi connectivity index (χ1n) is 3.36. The number of carbonyl (C=O) groups excluding carboxylic acids is 1. The minimum Gasteiger partial charge on any atom is -0.374 e. The van der Waals surface area contributed by atoms with Crippen LogP contribution in [-0.2, 0) is 0 Å². The van der Waals surface area contributed by atoms with Crippen LogP contribution in [0.4, 0.5) is 5.69 Å². The molecule has 1 aliphatic heterocycles. The third kappa shape index (κ3) is 1.01. The van der Waals surface area contributed by atoms with Gasteiger partial charge in [-0.3, -0.25) is 4.79 Å². The van der Waals surface area contributed by atoms with E-state index >= 15 is 0 Å². The van der Waals surface area contributed by atoms with Crippen molar-refractivity contribution in [2.24, 2.45) is 0 Å². The third-order valence-corrected chi connectivity index (χ3v) is 2.60. The zero-order valence-corrected chi connectivity index (χ0v) is 6.65. The maximum Gasteiger partial charge on any atom is 0.152 e. The van der Waals surface area contributed by atoms with Crippen molar-refractivity contribution in [3.63, 3.8) is 0 Å². The van der Waals surface area contributed by atoms with E-state index in [1.54, 1.807) is 11.8 Å². The van der Waals surface area contributed by atoms with E-state index in [0.717, 1.165) is 23.4 Å². The van der Waals surface area contributed by atoms with E-state index in [1.165, 1.54) is 4.90 Å². The molecule has 0 radical (unpaired) electrons. The fourth-order valence-electron chi connectivity index (χ4n) is 1.14. The van der Waals surface area contributed by atoms with Crippen molar-refractivity contribution in [2.75, 3.05) is 11.2 Å². The zero-order valence-electron chi connectivity index (χ0n) is 5.83. The highest BCUT2D eigenvalue weighted by molar-refractivity contribution is 7.99. The minimum atomic E-state index is 0.757. The second kappa shape index (κ2) is 2.58. The molecule has 1 aliphatic rings. The molecule has 1 heterocycles. The molecule has 1 aromatic rings. The molecule has 1 N–H and O–H groups in total. The van der Waals surface area contributed by atoms with Crippen LogP contribution in [0.2, 0.25) is 0 Å².